The summed E-state index contributed by atoms with van der Waals surface area (Å²) in [5.74, 6) is 2.43. The van der Waals surface area contributed by atoms with Crippen molar-refractivity contribution < 1.29 is 14.2 Å². The monoisotopic (exact) mass is 543 g/mol. The van der Waals surface area contributed by atoms with Gasteiger partial charge in [-0.25, -0.2) is 4.99 Å². The van der Waals surface area contributed by atoms with Gasteiger partial charge in [0.1, 0.15) is 12.4 Å². The van der Waals surface area contributed by atoms with Crippen LogP contribution in [0.3, 0.4) is 0 Å². The van der Waals surface area contributed by atoms with Crippen LogP contribution in [0.4, 0.5) is 0 Å². The molecule has 2 saturated carbocycles. The van der Waals surface area contributed by atoms with Gasteiger partial charge in [0.15, 0.2) is 5.96 Å². The Balaban J connectivity index is 0.00000272. The van der Waals surface area contributed by atoms with E-state index < -0.39 is 0 Å². The van der Waals surface area contributed by atoms with Crippen LogP contribution < -0.4 is 15.4 Å². The zero-order chi connectivity index (χ0) is 21.0. The number of hydrogen-bond donors (Lipinski definition) is 2. The summed E-state index contributed by atoms with van der Waals surface area (Å²) in [5, 5.41) is 7.22. The Bertz CT molecular complexity index is 754. The Morgan fingerprint density at radius 3 is 2.81 bits per heavy atom. The number of guanidine groups is 1. The summed E-state index contributed by atoms with van der Waals surface area (Å²) in [4.78, 5) is 4.92. The topological polar surface area (TPSA) is 64.1 Å². The number of rotatable bonds is 9. The highest BCUT2D eigenvalue weighted by Gasteiger charge is 2.66. The number of benzene rings is 1. The first-order valence-electron chi connectivity index (χ1n) is 11.6. The molecule has 1 saturated heterocycles. The summed E-state index contributed by atoms with van der Waals surface area (Å²) in [7, 11) is 0. The molecule has 0 radical (unpaired) electrons. The first kappa shape index (κ1) is 24.6. The van der Waals surface area contributed by atoms with Crippen LogP contribution in [-0.2, 0) is 16.0 Å². The third-order valence-electron chi connectivity index (χ3n) is 6.99. The molecule has 3 aliphatic rings. The van der Waals surface area contributed by atoms with Gasteiger partial charge in [0.2, 0.25) is 0 Å². The number of nitrogens with zero attached hydrogens (tertiary/aromatic N) is 1. The molecule has 6 nitrogen and oxygen atoms in total. The third-order valence-corrected chi connectivity index (χ3v) is 6.99. The molecule has 1 spiro atoms. The number of nitrogens with one attached hydrogen (secondary N) is 2. The molecule has 1 aromatic carbocycles. The van der Waals surface area contributed by atoms with Crippen molar-refractivity contribution in [3.05, 3.63) is 29.3 Å². The van der Waals surface area contributed by atoms with Crippen molar-refractivity contribution in [1.29, 1.82) is 0 Å². The second kappa shape index (κ2) is 11.2. The molecule has 2 N–H and O–H groups in total. The molecule has 174 valence electrons. The van der Waals surface area contributed by atoms with Gasteiger partial charge in [-0.05, 0) is 51.7 Å². The van der Waals surface area contributed by atoms with Crippen LogP contribution >= 0.6 is 24.0 Å². The SMILES string of the molecule is CCNC(=NCc1ccc(C)cc1OCCOCC)NC1C2CCOC2C12CCC2.I. The second-order valence-electron chi connectivity index (χ2n) is 8.80. The van der Waals surface area contributed by atoms with Crippen molar-refractivity contribution in [2.75, 3.05) is 33.0 Å². The fraction of sp³-hybridized carbons (Fsp3) is 0.708. The van der Waals surface area contributed by atoms with Crippen LogP contribution in [0.25, 0.3) is 0 Å². The predicted molar refractivity (Wildman–Crippen MR) is 134 cm³/mol. The summed E-state index contributed by atoms with van der Waals surface area (Å²) in [6.07, 6.45) is 5.51. The Morgan fingerprint density at radius 2 is 2.10 bits per heavy atom. The lowest BCUT2D eigenvalue weighted by atomic mass is 9.46. The molecular formula is C24H38IN3O3. The molecule has 31 heavy (non-hydrogen) atoms. The minimum atomic E-state index is 0. The fourth-order valence-corrected chi connectivity index (χ4v) is 5.37. The second-order valence-corrected chi connectivity index (χ2v) is 8.80. The summed E-state index contributed by atoms with van der Waals surface area (Å²) in [5.41, 5.74) is 2.63. The van der Waals surface area contributed by atoms with E-state index in [1.807, 2.05) is 6.92 Å². The van der Waals surface area contributed by atoms with E-state index in [2.05, 4.69) is 42.7 Å². The van der Waals surface area contributed by atoms with E-state index in [9.17, 15) is 0 Å². The Hall–Kier alpha value is -1.06. The van der Waals surface area contributed by atoms with Crippen molar-refractivity contribution in [1.82, 2.24) is 10.6 Å². The summed E-state index contributed by atoms with van der Waals surface area (Å²) in [6, 6.07) is 6.82. The molecule has 3 fully saturated rings. The van der Waals surface area contributed by atoms with Gasteiger partial charge in [-0.3, -0.25) is 0 Å². The first-order valence-corrected chi connectivity index (χ1v) is 11.6. The summed E-state index contributed by atoms with van der Waals surface area (Å²) in [6.45, 7) is 10.4. The van der Waals surface area contributed by atoms with Crippen molar-refractivity contribution in [3.63, 3.8) is 0 Å². The molecule has 1 heterocycles. The lowest BCUT2D eigenvalue weighted by Crippen LogP contribution is -2.72. The number of aryl methyl sites for hydroxylation is 1. The van der Waals surface area contributed by atoms with Crippen LogP contribution in [-0.4, -0.2) is 51.1 Å². The zero-order valence-corrected chi connectivity index (χ0v) is 21.4. The van der Waals surface area contributed by atoms with Gasteiger partial charge in [-0.2, -0.15) is 0 Å². The van der Waals surface area contributed by atoms with E-state index in [-0.39, 0.29) is 24.0 Å². The van der Waals surface area contributed by atoms with Gasteiger partial charge in [-0.1, -0.05) is 18.6 Å². The molecule has 7 heteroatoms. The molecule has 0 bridgehead atoms. The highest BCUT2D eigenvalue weighted by Crippen LogP contribution is 2.62. The minimum Gasteiger partial charge on any atom is -0.491 e. The normalized spacial score (nSPS) is 25.8. The number of aliphatic imine (C=N–C) groups is 1. The molecular weight excluding hydrogens is 505 g/mol. The molecule has 3 unspecified atom stereocenters. The molecule has 4 rings (SSSR count). The van der Waals surface area contributed by atoms with Crippen molar-refractivity contribution in [3.8, 4) is 5.75 Å². The van der Waals surface area contributed by atoms with E-state index >= 15 is 0 Å². The first-order chi connectivity index (χ1) is 14.7. The zero-order valence-electron chi connectivity index (χ0n) is 19.1. The number of ether oxygens (including phenoxy) is 3. The summed E-state index contributed by atoms with van der Waals surface area (Å²) < 4.78 is 17.5. The van der Waals surface area contributed by atoms with E-state index in [4.69, 9.17) is 19.2 Å². The van der Waals surface area contributed by atoms with Crippen molar-refractivity contribution in [2.45, 2.75) is 65.1 Å². The van der Waals surface area contributed by atoms with E-state index in [0.29, 0.717) is 49.8 Å². The molecule has 3 atom stereocenters. The van der Waals surface area contributed by atoms with Gasteiger partial charge in [0.25, 0.3) is 0 Å². The van der Waals surface area contributed by atoms with Crippen LogP contribution in [0.5, 0.6) is 5.75 Å². The maximum absolute atomic E-state index is 6.07. The maximum Gasteiger partial charge on any atom is 0.191 e. The molecule has 0 amide bonds. The van der Waals surface area contributed by atoms with Gasteiger partial charge < -0.3 is 24.8 Å². The number of hydrogen-bond acceptors (Lipinski definition) is 4. The maximum atomic E-state index is 6.07. The van der Waals surface area contributed by atoms with Gasteiger partial charge in [0, 0.05) is 42.7 Å². The van der Waals surface area contributed by atoms with E-state index in [0.717, 1.165) is 30.4 Å². The van der Waals surface area contributed by atoms with Gasteiger partial charge >= 0.3 is 0 Å². The average Bonchev–Trinajstić information content (AvgIpc) is 3.12. The Kier molecular flexibility index (Phi) is 8.87. The highest BCUT2D eigenvalue weighted by atomic mass is 127. The Morgan fingerprint density at radius 1 is 1.26 bits per heavy atom. The van der Waals surface area contributed by atoms with Crippen LogP contribution in [0.15, 0.2) is 23.2 Å². The van der Waals surface area contributed by atoms with E-state index in [1.165, 1.54) is 31.2 Å². The third kappa shape index (κ3) is 5.14. The lowest BCUT2D eigenvalue weighted by molar-refractivity contribution is -0.171. The van der Waals surface area contributed by atoms with Gasteiger partial charge in [0.05, 0.1) is 19.3 Å². The number of halogens is 1. The molecule has 1 aliphatic heterocycles. The molecule has 0 aromatic heterocycles. The predicted octanol–water partition coefficient (Wildman–Crippen LogP) is 4.04. The van der Waals surface area contributed by atoms with Crippen molar-refractivity contribution >= 4 is 29.9 Å². The average molecular weight is 543 g/mol. The minimum absolute atomic E-state index is 0. The van der Waals surface area contributed by atoms with E-state index in [1.54, 1.807) is 0 Å². The standard InChI is InChI=1S/C24H37N3O3.HI/c1-4-25-23(27-21-19-9-12-30-22(19)24(21)10-6-11-24)26-16-18-8-7-17(3)15-20(18)29-14-13-28-5-2;/h7-8,15,19,21-22H,4-6,9-14,16H2,1-3H3,(H2,25,26,27);1H. The van der Waals surface area contributed by atoms with Crippen molar-refractivity contribution in [2.24, 2.45) is 16.3 Å². The summed E-state index contributed by atoms with van der Waals surface area (Å²) >= 11 is 0. The number of fused-ring (bicyclic) bond motifs is 2. The lowest BCUT2D eigenvalue weighted by Gasteiger charge is -2.63. The largest absolute Gasteiger partial charge is 0.491 e. The molecule has 1 aromatic rings. The smallest absolute Gasteiger partial charge is 0.191 e. The highest BCUT2D eigenvalue weighted by molar-refractivity contribution is 14.0. The Labute approximate surface area is 203 Å². The quantitative estimate of drug-likeness (QED) is 0.213. The van der Waals surface area contributed by atoms with Crippen LogP contribution in [0.1, 0.15) is 50.7 Å². The molecule has 2 aliphatic carbocycles. The van der Waals surface area contributed by atoms with Crippen LogP contribution in [0, 0.1) is 18.3 Å². The van der Waals surface area contributed by atoms with Crippen LogP contribution in [0.2, 0.25) is 0 Å². The fourth-order valence-electron chi connectivity index (χ4n) is 5.37. The van der Waals surface area contributed by atoms with Gasteiger partial charge in [-0.15, -0.1) is 24.0 Å².